The molecule has 0 radical (unpaired) electrons. The molecule has 1 atom stereocenters. The third kappa shape index (κ3) is 16.5. The van der Waals surface area contributed by atoms with E-state index in [1.807, 2.05) is 0 Å². The van der Waals surface area contributed by atoms with Gasteiger partial charge in [0.1, 0.15) is 6.61 Å². The summed E-state index contributed by atoms with van der Waals surface area (Å²) in [4.78, 5) is 21.3. The lowest BCUT2D eigenvalue weighted by Gasteiger charge is -2.08. The molecule has 4 N–H and O–H groups in total. The van der Waals surface area contributed by atoms with Gasteiger partial charge in [-0.1, -0.05) is 13.0 Å². The monoisotopic (exact) mass is 325 g/mol. The van der Waals surface area contributed by atoms with Gasteiger partial charge in [-0.05, 0) is 26.3 Å². The van der Waals surface area contributed by atoms with Crippen molar-refractivity contribution in [1.82, 2.24) is 0 Å². The largest absolute Gasteiger partial charge is 0.481 e. The van der Waals surface area contributed by atoms with Crippen LogP contribution >= 0.6 is 0 Å². The van der Waals surface area contributed by atoms with E-state index >= 15 is 0 Å². The van der Waals surface area contributed by atoms with Gasteiger partial charge in [-0.15, -0.1) is 0 Å². The molecule has 8 nitrogen and oxygen atoms in total. The molecule has 0 aromatic rings. The molecule has 0 fully saturated rings. The first kappa shape index (κ1) is 21.8. The van der Waals surface area contributed by atoms with E-state index in [0.717, 1.165) is 0 Å². The highest BCUT2D eigenvalue weighted by atomic mass is 32.2. The predicted molar refractivity (Wildman–Crippen MR) is 77.3 cm³/mol. The molecule has 0 aliphatic rings. The molecule has 124 valence electrons. The Hall–Kier alpha value is -1.45. The third-order valence-electron chi connectivity index (χ3n) is 2.18. The minimum Gasteiger partial charge on any atom is -0.481 e. The lowest BCUT2D eigenvalue weighted by molar-refractivity contribution is -0.148. The number of carboxylic acids is 1. The summed E-state index contributed by atoms with van der Waals surface area (Å²) < 4.78 is 32.5. The van der Waals surface area contributed by atoms with Gasteiger partial charge in [-0.2, -0.15) is 8.42 Å². The molecule has 0 amide bonds. The number of carbonyl (C=O) groups excluding carboxylic acids is 1. The molecule has 0 bridgehead atoms. The smallest absolute Gasteiger partial charge is 0.330 e. The van der Waals surface area contributed by atoms with Crippen LogP contribution in [-0.2, 0) is 24.4 Å². The Kier molecular flexibility index (Phi) is 12.8. The zero-order valence-corrected chi connectivity index (χ0v) is 13.0. The van der Waals surface area contributed by atoms with Crippen LogP contribution in [0.25, 0.3) is 0 Å². The summed E-state index contributed by atoms with van der Waals surface area (Å²) in [5, 5.41) is 8.61. The lowest BCUT2D eigenvalue weighted by Crippen LogP contribution is -2.20. The van der Waals surface area contributed by atoms with Crippen LogP contribution in [0.15, 0.2) is 12.2 Å². The highest BCUT2D eigenvalue weighted by Crippen LogP contribution is 2.03. The standard InChI is InChI=1S/C9H14O4.C3H9NO3S/c1-3-5-8(10)13-6-7(4-2)9(11)12;4-2-1-3-8(5,6)7/h3,5,7H,4,6H2,1-2H3,(H,11,12);1-4H2,(H,5,6,7). The fourth-order valence-corrected chi connectivity index (χ4v) is 1.53. The van der Waals surface area contributed by atoms with E-state index in [2.05, 4.69) is 0 Å². The van der Waals surface area contributed by atoms with Gasteiger partial charge in [-0.25, -0.2) is 4.79 Å². The SMILES string of the molecule is CC=CC(=O)OCC(CC)C(=O)O.NCCCS(=O)(=O)O. The Bertz CT molecular complexity index is 431. The van der Waals surface area contributed by atoms with Gasteiger partial charge in [-0.3, -0.25) is 9.35 Å². The van der Waals surface area contributed by atoms with Gasteiger partial charge in [0.2, 0.25) is 0 Å². The van der Waals surface area contributed by atoms with Crippen molar-refractivity contribution in [3.63, 3.8) is 0 Å². The van der Waals surface area contributed by atoms with Gasteiger partial charge in [0.15, 0.2) is 0 Å². The minimum atomic E-state index is -3.77. The average molecular weight is 325 g/mol. The van der Waals surface area contributed by atoms with Gasteiger partial charge < -0.3 is 15.6 Å². The molecule has 0 saturated heterocycles. The first-order chi connectivity index (χ1) is 9.67. The number of rotatable bonds is 8. The number of carbonyl (C=O) groups is 2. The van der Waals surface area contributed by atoms with Crippen molar-refractivity contribution >= 4 is 22.1 Å². The summed E-state index contributed by atoms with van der Waals surface area (Å²) in [7, 11) is -3.77. The second-order valence-electron chi connectivity index (χ2n) is 4.00. The number of allylic oxidation sites excluding steroid dienone is 1. The lowest BCUT2D eigenvalue weighted by atomic mass is 10.1. The van der Waals surface area contributed by atoms with E-state index in [1.54, 1.807) is 19.9 Å². The average Bonchev–Trinajstić information content (AvgIpc) is 2.37. The maximum Gasteiger partial charge on any atom is 0.330 e. The Morgan fingerprint density at radius 3 is 2.24 bits per heavy atom. The fourth-order valence-electron chi connectivity index (χ4n) is 0.996. The van der Waals surface area contributed by atoms with Crippen LogP contribution in [0.1, 0.15) is 26.7 Å². The maximum absolute atomic E-state index is 10.8. The quantitative estimate of drug-likeness (QED) is 0.331. The van der Waals surface area contributed by atoms with Crippen LogP contribution in [0, 0.1) is 5.92 Å². The highest BCUT2D eigenvalue weighted by Gasteiger charge is 2.16. The number of nitrogens with two attached hydrogens (primary N) is 1. The molecule has 0 aliphatic heterocycles. The van der Waals surface area contributed by atoms with Crippen LogP contribution in [-0.4, -0.2) is 48.9 Å². The zero-order chi connectivity index (χ0) is 16.9. The number of ether oxygens (including phenoxy) is 1. The van der Waals surface area contributed by atoms with E-state index in [4.69, 9.17) is 20.1 Å². The minimum absolute atomic E-state index is 0.0605. The van der Waals surface area contributed by atoms with Gasteiger partial charge >= 0.3 is 11.9 Å². The Morgan fingerprint density at radius 1 is 1.38 bits per heavy atom. The number of hydrogen-bond donors (Lipinski definition) is 3. The van der Waals surface area contributed by atoms with Crippen molar-refractivity contribution in [2.45, 2.75) is 26.7 Å². The van der Waals surface area contributed by atoms with Crippen LogP contribution in [0.2, 0.25) is 0 Å². The number of aliphatic carboxylic acids is 1. The predicted octanol–water partition coefficient (Wildman–Crippen LogP) is 0.440. The van der Waals surface area contributed by atoms with E-state index < -0.39 is 28.0 Å². The normalized spacial score (nSPS) is 12.4. The van der Waals surface area contributed by atoms with Gasteiger partial charge in [0.05, 0.1) is 11.7 Å². The molecule has 21 heavy (non-hydrogen) atoms. The summed E-state index contributed by atoms with van der Waals surface area (Å²) >= 11 is 0. The van der Waals surface area contributed by atoms with Gasteiger partial charge in [0.25, 0.3) is 10.1 Å². The van der Waals surface area contributed by atoms with E-state index in [9.17, 15) is 18.0 Å². The van der Waals surface area contributed by atoms with E-state index in [1.165, 1.54) is 6.08 Å². The van der Waals surface area contributed by atoms with Crippen LogP contribution in [0.4, 0.5) is 0 Å². The molecule has 0 aromatic heterocycles. The van der Waals surface area contributed by atoms with Crippen molar-refractivity contribution < 1.29 is 32.4 Å². The summed E-state index contributed by atoms with van der Waals surface area (Å²) in [5.41, 5.74) is 4.96. The van der Waals surface area contributed by atoms with Crippen molar-refractivity contribution in [3.05, 3.63) is 12.2 Å². The van der Waals surface area contributed by atoms with Crippen molar-refractivity contribution in [3.8, 4) is 0 Å². The number of hydrogen-bond acceptors (Lipinski definition) is 6. The molecular formula is C12H23NO7S. The zero-order valence-electron chi connectivity index (χ0n) is 12.2. The van der Waals surface area contributed by atoms with Crippen molar-refractivity contribution in [2.75, 3.05) is 18.9 Å². The molecular weight excluding hydrogens is 302 g/mol. The van der Waals surface area contributed by atoms with Crippen LogP contribution < -0.4 is 5.73 Å². The van der Waals surface area contributed by atoms with Crippen molar-refractivity contribution in [2.24, 2.45) is 11.7 Å². The van der Waals surface area contributed by atoms with E-state index in [-0.39, 0.29) is 12.4 Å². The van der Waals surface area contributed by atoms with Crippen molar-refractivity contribution in [1.29, 1.82) is 0 Å². The Labute approximate surface area is 124 Å². The maximum atomic E-state index is 10.8. The second-order valence-corrected chi connectivity index (χ2v) is 5.57. The fraction of sp³-hybridized carbons (Fsp3) is 0.667. The number of carboxylic acid groups (broad SMARTS) is 1. The second kappa shape index (κ2) is 12.3. The van der Waals surface area contributed by atoms with Crippen LogP contribution in [0.5, 0.6) is 0 Å². The molecule has 0 aromatic carbocycles. The summed E-state index contributed by atoms with van der Waals surface area (Å²) in [6.45, 7) is 3.66. The number of esters is 1. The summed E-state index contributed by atoms with van der Waals surface area (Å²) in [6, 6.07) is 0. The van der Waals surface area contributed by atoms with Gasteiger partial charge in [0, 0.05) is 6.08 Å². The Morgan fingerprint density at radius 2 is 1.95 bits per heavy atom. The van der Waals surface area contributed by atoms with E-state index in [0.29, 0.717) is 19.4 Å². The molecule has 0 aliphatic carbocycles. The molecule has 0 saturated carbocycles. The highest BCUT2D eigenvalue weighted by molar-refractivity contribution is 7.85. The topological polar surface area (TPSA) is 144 Å². The molecule has 0 heterocycles. The first-order valence-corrected chi connectivity index (χ1v) is 7.96. The Balaban J connectivity index is 0. The summed E-state index contributed by atoms with van der Waals surface area (Å²) in [5.74, 6) is -2.27. The molecule has 0 rings (SSSR count). The molecule has 1 unspecified atom stereocenters. The summed E-state index contributed by atoms with van der Waals surface area (Å²) in [6.07, 6.45) is 3.58. The molecule has 0 spiro atoms. The third-order valence-corrected chi connectivity index (χ3v) is 2.98. The van der Waals surface area contributed by atoms with Crippen LogP contribution in [0.3, 0.4) is 0 Å². The molecule has 9 heteroatoms. The first-order valence-electron chi connectivity index (χ1n) is 6.35.